The van der Waals surface area contributed by atoms with E-state index in [0.29, 0.717) is 12.1 Å². The summed E-state index contributed by atoms with van der Waals surface area (Å²) in [5.74, 6) is 0. The summed E-state index contributed by atoms with van der Waals surface area (Å²) in [6.07, 6.45) is 5.58. The Morgan fingerprint density at radius 2 is 1.94 bits per heavy atom. The molecule has 3 aromatic rings. The zero-order valence-corrected chi connectivity index (χ0v) is 9.71. The molecule has 87 valence electrons. The Morgan fingerprint density at radius 1 is 1.11 bits per heavy atom. The summed E-state index contributed by atoms with van der Waals surface area (Å²) in [6, 6.07) is 13.6. The first-order valence-electron chi connectivity index (χ1n) is 5.74. The maximum Gasteiger partial charge on any atom is 0.235 e. The summed E-state index contributed by atoms with van der Waals surface area (Å²) in [5, 5.41) is 0.934. The van der Waals surface area contributed by atoms with Crippen molar-refractivity contribution in [1.29, 1.82) is 0 Å². The van der Waals surface area contributed by atoms with Crippen LogP contribution in [-0.2, 0) is 11.3 Å². The fraction of sp³-hybridized carbons (Fsp3) is 0.0667. The van der Waals surface area contributed by atoms with Gasteiger partial charge in [-0.3, -0.25) is 9.78 Å². The van der Waals surface area contributed by atoms with Gasteiger partial charge in [0.15, 0.2) is 0 Å². The smallest absolute Gasteiger partial charge is 0.235 e. The summed E-state index contributed by atoms with van der Waals surface area (Å²) < 4.78 is 2.03. The van der Waals surface area contributed by atoms with E-state index < -0.39 is 0 Å². The zero-order valence-electron chi connectivity index (χ0n) is 9.71. The van der Waals surface area contributed by atoms with Crippen LogP contribution in [-0.4, -0.2) is 15.8 Å². The van der Waals surface area contributed by atoms with Crippen molar-refractivity contribution in [3.05, 3.63) is 66.1 Å². The second kappa shape index (κ2) is 4.45. The summed E-state index contributed by atoms with van der Waals surface area (Å²) in [7, 11) is 0. The third-order valence-corrected chi connectivity index (χ3v) is 2.96. The quantitative estimate of drug-likeness (QED) is 0.699. The van der Waals surface area contributed by atoms with Crippen LogP contribution in [0.2, 0.25) is 0 Å². The molecule has 0 saturated heterocycles. The first-order valence-corrected chi connectivity index (χ1v) is 5.74. The fourth-order valence-corrected chi connectivity index (χ4v) is 2.13. The van der Waals surface area contributed by atoms with Gasteiger partial charge in [-0.1, -0.05) is 24.3 Å². The summed E-state index contributed by atoms with van der Waals surface area (Å²) in [6.45, 7) is 0.656. The Kier molecular flexibility index (Phi) is 2.65. The van der Waals surface area contributed by atoms with Gasteiger partial charge in [0.1, 0.15) is 0 Å². The number of benzene rings is 1. The van der Waals surface area contributed by atoms with E-state index in [9.17, 15) is 4.79 Å². The van der Waals surface area contributed by atoms with Gasteiger partial charge in [0.25, 0.3) is 0 Å². The Morgan fingerprint density at radius 3 is 2.72 bits per heavy atom. The van der Waals surface area contributed by atoms with Crippen molar-refractivity contribution in [2.24, 2.45) is 0 Å². The fourth-order valence-electron chi connectivity index (χ4n) is 2.13. The lowest BCUT2D eigenvalue weighted by atomic mass is 10.2. The number of fused-ring (bicyclic) bond motifs is 1. The molecule has 0 aliphatic rings. The molecule has 2 aromatic heterocycles. The van der Waals surface area contributed by atoms with Gasteiger partial charge in [-0.05, 0) is 18.2 Å². The maximum atomic E-state index is 10.9. The molecule has 1 radical (unpaired) electrons. The molecular weight excluding hydrogens is 224 g/mol. The predicted octanol–water partition coefficient (Wildman–Crippen LogP) is 2.54. The van der Waals surface area contributed by atoms with Crippen LogP contribution in [0.1, 0.15) is 11.3 Å². The van der Waals surface area contributed by atoms with E-state index in [1.54, 1.807) is 6.20 Å². The molecule has 0 atom stereocenters. The number of para-hydroxylation sites is 1. The van der Waals surface area contributed by atoms with Crippen LogP contribution >= 0.6 is 0 Å². The zero-order chi connectivity index (χ0) is 12.4. The highest BCUT2D eigenvalue weighted by Gasteiger charge is 2.08. The van der Waals surface area contributed by atoms with Crippen molar-refractivity contribution in [2.45, 2.75) is 6.54 Å². The van der Waals surface area contributed by atoms with Crippen LogP contribution < -0.4 is 0 Å². The highest BCUT2D eigenvalue weighted by Crippen LogP contribution is 2.20. The Balaban J connectivity index is 2.10. The van der Waals surface area contributed by atoms with Gasteiger partial charge < -0.3 is 4.57 Å². The molecule has 3 nitrogen and oxygen atoms in total. The average Bonchev–Trinajstić information content (AvgIpc) is 2.78. The highest BCUT2D eigenvalue weighted by atomic mass is 16.1. The second-order valence-corrected chi connectivity index (χ2v) is 4.11. The molecule has 0 bridgehead atoms. The number of aromatic nitrogens is 2. The molecule has 0 aliphatic carbocycles. The van der Waals surface area contributed by atoms with E-state index >= 15 is 0 Å². The van der Waals surface area contributed by atoms with Crippen molar-refractivity contribution in [1.82, 2.24) is 9.55 Å². The van der Waals surface area contributed by atoms with E-state index in [2.05, 4.69) is 4.98 Å². The van der Waals surface area contributed by atoms with Crippen molar-refractivity contribution in [3.8, 4) is 0 Å². The molecule has 18 heavy (non-hydrogen) atoms. The second-order valence-electron chi connectivity index (χ2n) is 4.11. The number of hydrogen-bond donors (Lipinski definition) is 0. The van der Waals surface area contributed by atoms with Gasteiger partial charge in [0.2, 0.25) is 6.29 Å². The van der Waals surface area contributed by atoms with Crippen LogP contribution in [0.5, 0.6) is 0 Å². The molecule has 0 saturated carbocycles. The van der Waals surface area contributed by atoms with Crippen LogP contribution in [0.3, 0.4) is 0 Å². The third-order valence-electron chi connectivity index (χ3n) is 2.96. The normalized spacial score (nSPS) is 10.7. The number of carbonyl (C=O) groups excluding carboxylic acids is 1. The topological polar surface area (TPSA) is 34.9 Å². The minimum Gasteiger partial charge on any atom is -0.341 e. The molecule has 1 aromatic carbocycles. The van der Waals surface area contributed by atoms with E-state index in [1.165, 1.54) is 0 Å². The molecule has 0 amide bonds. The van der Waals surface area contributed by atoms with Gasteiger partial charge >= 0.3 is 0 Å². The van der Waals surface area contributed by atoms with Gasteiger partial charge in [-0.25, -0.2) is 0 Å². The van der Waals surface area contributed by atoms with Crippen LogP contribution in [0.15, 0.2) is 54.9 Å². The monoisotopic (exact) mass is 235 g/mol. The highest BCUT2D eigenvalue weighted by molar-refractivity contribution is 5.97. The van der Waals surface area contributed by atoms with Crippen molar-refractivity contribution in [3.63, 3.8) is 0 Å². The lowest BCUT2D eigenvalue weighted by molar-refractivity contribution is 0.563. The molecule has 0 fully saturated rings. The van der Waals surface area contributed by atoms with Crippen LogP contribution in [0, 0.1) is 0 Å². The maximum absolute atomic E-state index is 10.9. The Bertz CT molecular complexity index is 686. The van der Waals surface area contributed by atoms with Gasteiger partial charge in [-0.2, -0.15) is 0 Å². The number of pyridine rings is 1. The summed E-state index contributed by atoms with van der Waals surface area (Å²) in [5.41, 5.74) is 2.60. The van der Waals surface area contributed by atoms with E-state index in [-0.39, 0.29) is 0 Å². The van der Waals surface area contributed by atoms with E-state index in [0.717, 1.165) is 16.6 Å². The van der Waals surface area contributed by atoms with Gasteiger partial charge in [0.05, 0.1) is 17.8 Å². The first-order chi connectivity index (χ1) is 8.88. The molecule has 0 N–H and O–H groups in total. The first kappa shape index (κ1) is 10.7. The minimum absolute atomic E-state index is 0.599. The van der Waals surface area contributed by atoms with E-state index in [1.807, 2.05) is 59.5 Å². The van der Waals surface area contributed by atoms with Gasteiger partial charge in [-0.15, -0.1) is 0 Å². The lowest BCUT2D eigenvalue weighted by Gasteiger charge is -2.04. The summed E-state index contributed by atoms with van der Waals surface area (Å²) >= 11 is 0. The van der Waals surface area contributed by atoms with Crippen LogP contribution in [0.4, 0.5) is 0 Å². The number of nitrogens with zero attached hydrogens (tertiary/aromatic N) is 2. The molecule has 0 unspecified atom stereocenters. The Hall–Kier alpha value is -2.42. The number of rotatable bonds is 3. The molecule has 3 heteroatoms. The Labute approximate surface area is 105 Å². The largest absolute Gasteiger partial charge is 0.341 e. The minimum atomic E-state index is 0.599. The predicted molar refractivity (Wildman–Crippen MR) is 70.1 cm³/mol. The summed E-state index contributed by atoms with van der Waals surface area (Å²) in [4.78, 5) is 15.2. The van der Waals surface area contributed by atoms with Crippen molar-refractivity contribution in [2.75, 3.05) is 0 Å². The average molecular weight is 235 g/mol. The van der Waals surface area contributed by atoms with E-state index in [4.69, 9.17) is 0 Å². The van der Waals surface area contributed by atoms with Crippen molar-refractivity contribution >= 4 is 17.2 Å². The lowest BCUT2D eigenvalue weighted by Crippen LogP contribution is -1.99. The standard InChI is InChI=1S/C15H11N2O/c18-11-12-9-17(10-13-5-3-4-8-16-13)15-7-2-1-6-14(12)15/h1-9H,10H2. The number of hydrogen-bond acceptors (Lipinski definition) is 2. The third kappa shape index (κ3) is 1.80. The molecule has 2 heterocycles. The molecule has 3 rings (SSSR count). The molecule has 0 aliphatic heterocycles. The SMILES string of the molecule is O=[C]c1cn(Cc2ccccn2)c2ccccc12. The molecular formula is C15H11N2O. The molecule has 0 spiro atoms. The van der Waals surface area contributed by atoms with Crippen molar-refractivity contribution < 1.29 is 4.79 Å². The van der Waals surface area contributed by atoms with Crippen LogP contribution in [0.25, 0.3) is 10.9 Å². The van der Waals surface area contributed by atoms with Gasteiger partial charge in [0, 0.05) is 23.3 Å².